The fourth-order valence-electron chi connectivity index (χ4n) is 5.16. The van der Waals surface area contributed by atoms with E-state index in [1.807, 2.05) is 0 Å². The van der Waals surface area contributed by atoms with Crippen LogP contribution in [0.2, 0.25) is 0 Å². The molecular formula is C32H64O10P2. The highest BCUT2D eigenvalue weighted by Crippen LogP contribution is 2.55. The standard InChI is InChI=1S/C32H64O10P2/c1-3-5-7-9-11-13-15-17-19-21-23-25-30(33)41-29-32(44(38,39)40,27-28-43(35,36)37)42-31(34)26-24-22-20-18-16-14-12-10-8-6-4-2/h3-29H2,1-2H3,(H2,35,36,37)(H2,38,39,40). The Balaban J connectivity index is 4.65. The van der Waals surface area contributed by atoms with E-state index in [0.717, 1.165) is 51.4 Å². The zero-order valence-corrected chi connectivity index (χ0v) is 29.5. The SMILES string of the molecule is CCCCCCCCCCCCCC(=O)OCC(CCP(=O)(O)O)(OC(=O)CCCCCCCCCCCCC)P(=O)(O)O. The molecular weight excluding hydrogens is 606 g/mol. The summed E-state index contributed by atoms with van der Waals surface area (Å²) in [6.45, 7) is 3.43. The maximum absolute atomic E-state index is 12.6. The molecule has 0 radical (unpaired) electrons. The highest BCUT2D eigenvalue weighted by Gasteiger charge is 2.52. The molecule has 0 aromatic heterocycles. The highest BCUT2D eigenvalue weighted by molar-refractivity contribution is 7.54. The molecule has 0 aliphatic rings. The fourth-order valence-corrected chi connectivity index (χ4v) is 6.84. The normalized spacial score (nSPS) is 13.5. The van der Waals surface area contributed by atoms with Gasteiger partial charge in [-0.1, -0.05) is 142 Å². The average Bonchev–Trinajstić information content (AvgIpc) is 2.95. The minimum Gasteiger partial charge on any atom is -0.461 e. The molecule has 0 aromatic carbocycles. The van der Waals surface area contributed by atoms with Crippen molar-refractivity contribution in [3.05, 3.63) is 0 Å². The lowest BCUT2D eigenvalue weighted by atomic mass is 10.1. The molecule has 0 saturated carbocycles. The zero-order valence-electron chi connectivity index (χ0n) is 27.7. The van der Waals surface area contributed by atoms with Gasteiger partial charge in [0.1, 0.15) is 6.61 Å². The van der Waals surface area contributed by atoms with Crippen LogP contribution < -0.4 is 0 Å². The second kappa shape index (κ2) is 26.3. The van der Waals surface area contributed by atoms with Crippen LogP contribution >= 0.6 is 15.2 Å². The first-order valence-electron chi connectivity index (χ1n) is 17.3. The molecule has 0 fully saturated rings. The number of rotatable bonds is 31. The molecule has 0 amide bonds. The van der Waals surface area contributed by atoms with Crippen LogP contribution in [0, 0.1) is 0 Å². The average molecular weight is 671 g/mol. The molecule has 0 bridgehead atoms. The lowest BCUT2D eigenvalue weighted by molar-refractivity contribution is -0.165. The molecule has 4 N–H and O–H groups in total. The molecule has 1 atom stereocenters. The molecule has 0 heterocycles. The number of hydrogen-bond acceptors (Lipinski definition) is 6. The summed E-state index contributed by atoms with van der Waals surface area (Å²) in [6, 6.07) is 0. The van der Waals surface area contributed by atoms with E-state index >= 15 is 0 Å². The van der Waals surface area contributed by atoms with Crippen LogP contribution in [0.5, 0.6) is 0 Å². The van der Waals surface area contributed by atoms with Crippen molar-refractivity contribution in [1.82, 2.24) is 0 Å². The van der Waals surface area contributed by atoms with Crippen LogP contribution in [-0.2, 0) is 28.2 Å². The fraction of sp³-hybridized carbons (Fsp3) is 0.938. The topological polar surface area (TPSA) is 168 Å². The highest BCUT2D eigenvalue weighted by atomic mass is 31.2. The van der Waals surface area contributed by atoms with Crippen molar-refractivity contribution in [2.45, 2.75) is 180 Å². The summed E-state index contributed by atoms with van der Waals surface area (Å²) in [6.07, 6.45) is 22.1. The van der Waals surface area contributed by atoms with Gasteiger partial charge in [0.15, 0.2) is 0 Å². The molecule has 0 spiro atoms. The maximum atomic E-state index is 12.6. The predicted octanol–water partition coefficient (Wildman–Crippen LogP) is 8.92. The molecule has 12 heteroatoms. The van der Waals surface area contributed by atoms with E-state index in [9.17, 15) is 38.3 Å². The molecule has 1 unspecified atom stereocenters. The smallest absolute Gasteiger partial charge is 0.372 e. The van der Waals surface area contributed by atoms with Gasteiger partial charge in [0, 0.05) is 19.3 Å². The minimum absolute atomic E-state index is 0.0411. The first-order valence-corrected chi connectivity index (χ1v) is 20.8. The van der Waals surface area contributed by atoms with Crippen molar-refractivity contribution in [2.24, 2.45) is 0 Å². The third-order valence-electron chi connectivity index (χ3n) is 8.06. The molecule has 10 nitrogen and oxygen atoms in total. The lowest BCUT2D eigenvalue weighted by Crippen LogP contribution is -2.41. The third-order valence-corrected chi connectivity index (χ3v) is 10.4. The number of ether oxygens (including phenoxy) is 2. The number of carbonyl (C=O) groups is 2. The van der Waals surface area contributed by atoms with Crippen molar-refractivity contribution in [3.8, 4) is 0 Å². The van der Waals surface area contributed by atoms with Crippen LogP contribution in [0.25, 0.3) is 0 Å². The van der Waals surface area contributed by atoms with Crippen molar-refractivity contribution in [1.29, 1.82) is 0 Å². The van der Waals surface area contributed by atoms with E-state index in [4.69, 9.17) is 9.47 Å². The zero-order chi connectivity index (χ0) is 33.2. The maximum Gasteiger partial charge on any atom is 0.372 e. The molecule has 0 aliphatic heterocycles. The van der Waals surface area contributed by atoms with E-state index in [-0.39, 0.29) is 12.8 Å². The van der Waals surface area contributed by atoms with E-state index < -0.39 is 51.7 Å². The Hall–Kier alpha value is -0.760. The molecule has 0 aromatic rings. The third kappa shape index (κ3) is 24.5. The Morgan fingerprint density at radius 2 is 0.886 bits per heavy atom. The lowest BCUT2D eigenvalue weighted by Gasteiger charge is -2.33. The molecule has 262 valence electrons. The first kappa shape index (κ1) is 43.2. The molecule has 0 saturated heterocycles. The molecule has 0 aliphatic carbocycles. The van der Waals surface area contributed by atoms with Gasteiger partial charge in [-0.05, 0) is 12.8 Å². The summed E-state index contributed by atoms with van der Waals surface area (Å²) in [7, 11) is -9.98. The second-order valence-electron chi connectivity index (χ2n) is 12.3. The first-order chi connectivity index (χ1) is 20.9. The van der Waals surface area contributed by atoms with Gasteiger partial charge >= 0.3 is 27.1 Å². The minimum atomic E-state index is -5.29. The Bertz CT molecular complexity index is 826. The van der Waals surface area contributed by atoms with Gasteiger partial charge in [0.05, 0.1) is 6.16 Å². The van der Waals surface area contributed by atoms with Crippen LogP contribution in [0.3, 0.4) is 0 Å². The number of unbranched alkanes of at least 4 members (excludes halogenated alkanes) is 20. The number of esters is 2. The Morgan fingerprint density at radius 3 is 1.23 bits per heavy atom. The van der Waals surface area contributed by atoms with Gasteiger partial charge in [-0.2, -0.15) is 0 Å². The predicted molar refractivity (Wildman–Crippen MR) is 176 cm³/mol. The van der Waals surface area contributed by atoms with Gasteiger partial charge in [-0.25, -0.2) is 0 Å². The van der Waals surface area contributed by atoms with Gasteiger partial charge in [0.25, 0.3) is 0 Å². The van der Waals surface area contributed by atoms with Gasteiger partial charge in [0.2, 0.25) is 5.34 Å². The summed E-state index contributed by atoms with van der Waals surface area (Å²) in [5.74, 6) is -1.59. The quantitative estimate of drug-likeness (QED) is 0.0317. The van der Waals surface area contributed by atoms with Crippen molar-refractivity contribution in [2.75, 3.05) is 12.8 Å². The van der Waals surface area contributed by atoms with Crippen molar-refractivity contribution < 1.29 is 47.8 Å². The van der Waals surface area contributed by atoms with E-state index in [0.29, 0.717) is 12.8 Å². The molecule has 0 rings (SSSR count). The van der Waals surface area contributed by atoms with Gasteiger partial charge < -0.3 is 29.0 Å². The summed E-state index contributed by atoms with van der Waals surface area (Å²) < 4.78 is 34.4. The summed E-state index contributed by atoms with van der Waals surface area (Å²) in [5.41, 5.74) is 0. The van der Waals surface area contributed by atoms with E-state index in [1.54, 1.807) is 0 Å². The summed E-state index contributed by atoms with van der Waals surface area (Å²) >= 11 is 0. The van der Waals surface area contributed by atoms with Crippen molar-refractivity contribution in [3.63, 3.8) is 0 Å². The van der Waals surface area contributed by atoms with E-state index in [1.165, 1.54) is 77.0 Å². The van der Waals surface area contributed by atoms with E-state index in [2.05, 4.69) is 13.8 Å². The molecule has 44 heavy (non-hydrogen) atoms. The monoisotopic (exact) mass is 670 g/mol. The van der Waals surface area contributed by atoms with Crippen molar-refractivity contribution >= 4 is 27.1 Å². The van der Waals surface area contributed by atoms with Crippen LogP contribution in [0.1, 0.15) is 174 Å². The second-order valence-corrected chi connectivity index (χ2v) is 16.0. The van der Waals surface area contributed by atoms with Crippen LogP contribution in [0.15, 0.2) is 0 Å². The summed E-state index contributed by atoms with van der Waals surface area (Å²) in [5, 5.41) is -2.64. The van der Waals surface area contributed by atoms with Gasteiger partial charge in [-0.3, -0.25) is 18.7 Å². The largest absolute Gasteiger partial charge is 0.461 e. The van der Waals surface area contributed by atoms with Crippen LogP contribution in [-0.4, -0.2) is 49.6 Å². The number of carbonyl (C=O) groups excluding carboxylic acids is 2. The Kier molecular flexibility index (Phi) is 25.9. The van der Waals surface area contributed by atoms with Crippen LogP contribution in [0.4, 0.5) is 0 Å². The Labute approximate surface area is 267 Å². The summed E-state index contributed by atoms with van der Waals surface area (Å²) in [4.78, 5) is 63.9. The Morgan fingerprint density at radius 1 is 0.545 bits per heavy atom. The number of hydrogen-bond donors (Lipinski definition) is 4. The van der Waals surface area contributed by atoms with Gasteiger partial charge in [-0.15, -0.1) is 0 Å².